The van der Waals surface area contributed by atoms with Crippen LogP contribution in [0.1, 0.15) is 13.8 Å². The molecule has 0 saturated carbocycles. The number of rotatable bonds is 4. The Bertz CT molecular complexity index is 39.8. The van der Waals surface area contributed by atoms with Crippen molar-refractivity contribution >= 4 is 0 Å². The van der Waals surface area contributed by atoms with Crippen molar-refractivity contribution in [2.75, 3.05) is 20.1 Å². The minimum atomic E-state index is 0.602. The quantitative estimate of drug-likeness (QED) is 0.548. The lowest BCUT2D eigenvalue weighted by Crippen LogP contribution is -2.34. The molecule has 0 aromatic heterocycles. The zero-order valence-corrected chi connectivity index (χ0v) is 5.99. The third kappa shape index (κ3) is 4.09. The normalized spacial score (nSPS) is 13.9. The van der Waals surface area contributed by atoms with E-state index in [2.05, 4.69) is 24.5 Å². The van der Waals surface area contributed by atoms with Crippen LogP contribution in [0.25, 0.3) is 0 Å². The molecule has 0 aliphatic carbocycles. The van der Waals surface area contributed by atoms with E-state index >= 15 is 0 Å². The highest BCUT2D eigenvalue weighted by Gasteiger charge is 1.93. The Morgan fingerprint density at radius 3 is 2.50 bits per heavy atom. The third-order valence-electron chi connectivity index (χ3n) is 1.06. The summed E-state index contributed by atoms with van der Waals surface area (Å²) in [5.74, 6) is 0. The molecule has 0 fully saturated rings. The van der Waals surface area contributed by atoms with Gasteiger partial charge in [0.15, 0.2) is 0 Å². The van der Waals surface area contributed by atoms with Crippen LogP contribution in [0.15, 0.2) is 0 Å². The van der Waals surface area contributed by atoms with Crippen LogP contribution in [-0.4, -0.2) is 26.2 Å². The summed E-state index contributed by atoms with van der Waals surface area (Å²) in [4.78, 5) is 0. The van der Waals surface area contributed by atoms with E-state index < -0.39 is 0 Å². The summed E-state index contributed by atoms with van der Waals surface area (Å²) in [5.41, 5.74) is 0. The molecule has 0 aliphatic heterocycles. The minimum absolute atomic E-state index is 0.602. The van der Waals surface area contributed by atoms with Gasteiger partial charge in [-0.2, -0.15) is 0 Å². The Morgan fingerprint density at radius 2 is 2.12 bits per heavy atom. The first-order chi connectivity index (χ1) is 3.81. The van der Waals surface area contributed by atoms with E-state index in [9.17, 15) is 0 Å². The van der Waals surface area contributed by atoms with Crippen LogP contribution < -0.4 is 10.6 Å². The molecule has 0 saturated heterocycles. The topological polar surface area (TPSA) is 24.1 Å². The van der Waals surface area contributed by atoms with E-state index in [4.69, 9.17) is 0 Å². The molecule has 0 heterocycles. The van der Waals surface area contributed by atoms with Crippen LogP contribution in [0.3, 0.4) is 0 Å². The molecule has 0 bridgehead atoms. The van der Waals surface area contributed by atoms with Crippen molar-refractivity contribution in [3.63, 3.8) is 0 Å². The highest BCUT2D eigenvalue weighted by molar-refractivity contribution is 4.59. The lowest BCUT2D eigenvalue weighted by molar-refractivity contribution is 0.539. The second kappa shape index (κ2) is 5.06. The summed E-state index contributed by atoms with van der Waals surface area (Å²) in [6.07, 6.45) is 0. The molecule has 2 heteroatoms. The molecular formula is C6H16N2. The van der Waals surface area contributed by atoms with Crippen LogP contribution >= 0.6 is 0 Å². The van der Waals surface area contributed by atoms with Gasteiger partial charge < -0.3 is 10.6 Å². The first-order valence-corrected chi connectivity index (χ1v) is 3.19. The predicted octanol–water partition coefficient (Wildman–Crippen LogP) is 0.204. The van der Waals surface area contributed by atoms with Crippen LogP contribution in [-0.2, 0) is 0 Å². The summed E-state index contributed by atoms with van der Waals surface area (Å²) in [5, 5.41) is 6.37. The molecule has 2 N–H and O–H groups in total. The Balaban J connectivity index is 2.92. The zero-order valence-electron chi connectivity index (χ0n) is 5.99. The summed E-state index contributed by atoms with van der Waals surface area (Å²) >= 11 is 0. The number of hydrogen-bond acceptors (Lipinski definition) is 2. The molecular weight excluding hydrogens is 100 g/mol. The van der Waals surface area contributed by atoms with Crippen molar-refractivity contribution in [3.8, 4) is 0 Å². The molecule has 50 valence electrons. The van der Waals surface area contributed by atoms with Crippen LogP contribution in [0.4, 0.5) is 0 Å². The van der Waals surface area contributed by atoms with E-state index in [0.717, 1.165) is 13.1 Å². The molecule has 0 radical (unpaired) electrons. The van der Waals surface area contributed by atoms with E-state index in [1.165, 1.54) is 0 Å². The standard InChI is InChI=1S/C6H16N2/c1-4-8-6(2)5-7-3/h6-8H,4-5H2,1-3H3/t6-/m1/s1. The molecule has 0 amide bonds. The molecule has 0 aromatic carbocycles. The second-order valence-electron chi connectivity index (χ2n) is 2.02. The van der Waals surface area contributed by atoms with Gasteiger partial charge in [-0.3, -0.25) is 0 Å². The van der Waals surface area contributed by atoms with Gasteiger partial charge >= 0.3 is 0 Å². The highest BCUT2D eigenvalue weighted by Crippen LogP contribution is 1.73. The molecule has 0 rings (SSSR count). The third-order valence-corrected chi connectivity index (χ3v) is 1.06. The molecule has 0 aliphatic rings. The van der Waals surface area contributed by atoms with Gasteiger partial charge in [0.05, 0.1) is 0 Å². The van der Waals surface area contributed by atoms with Crippen molar-refractivity contribution in [1.29, 1.82) is 0 Å². The number of nitrogens with one attached hydrogen (secondary N) is 2. The fourth-order valence-electron chi connectivity index (χ4n) is 0.727. The van der Waals surface area contributed by atoms with Gasteiger partial charge in [0.25, 0.3) is 0 Å². The van der Waals surface area contributed by atoms with Gasteiger partial charge in [-0.25, -0.2) is 0 Å². The zero-order chi connectivity index (χ0) is 6.41. The van der Waals surface area contributed by atoms with E-state index in [0.29, 0.717) is 6.04 Å². The molecule has 8 heavy (non-hydrogen) atoms. The summed E-state index contributed by atoms with van der Waals surface area (Å²) in [7, 11) is 1.97. The summed E-state index contributed by atoms with van der Waals surface area (Å²) in [6, 6.07) is 0.602. The molecule has 0 unspecified atom stereocenters. The lowest BCUT2D eigenvalue weighted by Gasteiger charge is -2.09. The average molecular weight is 116 g/mol. The largest absolute Gasteiger partial charge is 0.318 e. The first-order valence-electron chi connectivity index (χ1n) is 3.19. The number of hydrogen-bond donors (Lipinski definition) is 2. The fraction of sp³-hybridized carbons (Fsp3) is 1.00. The van der Waals surface area contributed by atoms with Gasteiger partial charge in [0.1, 0.15) is 0 Å². The maximum atomic E-state index is 3.28. The second-order valence-corrected chi connectivity index (χ2v) is 2.02. The Hall–Kier alpha value is -0.0800. The van der Waals surface area contributed by atoms with Crippen molar-refractivity contribution in [3.05, 3.63) is 0 Å². The molecule has 0 aromatic rings. The smallest absolute Gasteiger partial charge is 0.0163 e. The van der Waals surface area contributed by atoms with Crippen LogP contribution in [0, 0.1) is 0 Å². The van der Waals surface area contributed by atoms with Crippen molar-refractivity contribution < 1.29 is 0 Å². The SMILES string of the molecule is CCN[C@H](C)CNC. The highest BCUT2D eigenvalue weighted by atomic mass is 14.9. The molecule has 1 atom stereocenters. The van der Waals surface area contributed by atoms with E-state index in [-0.39, 0.29) is 0 Å². The number of likely N-dealkylation sites (N-methyl/N-ethyl adjacent to an activating group) is 2. The Kier molecular flexibility index (Phi) is 5.01. The van der Waals surface area contributed by atoms with Gasteiger partial charge in [-0.1, -0.05) is 6.92 Å². The molecule has 2 nitrogen and oxygen atoms in total. The first kappa shape index (κ1) is 7.92. The van der Waals surface area contributed by atoms with Gasteiger partial charge in [-0.15, -0.1) is 0 Å². The van der Waals surface area contributed by atoms with Gasteiger partial charge in [0.2, 0.25) is 0 Å². The van der Waals surface area contributed by atoms with Gasteiger partial charge in [-0.05, 0) is 20.5 Å². The lowest BCUT2D eigenvalue weighted by atomic mass is 10.3. The fourth-order valence-corrected chi connectivity index (χ4v) is 0.727. The molecule has 0 spiro atoms. The maximum absolute atomic E-state index is 3.28. The predicted molar refractivity (Wildman–Crippen MR) is 37.1 cm³/mol. The Morgan fingerprint density at radius 1 is 1.50 bits per heavy atom. The monoisotopic (exact) mass is 116 g/mol. The summed E-state index contributed by atoms with van der Waals surface area (Å²) in [6.45, 7) is 6.39. The maximum Gasteiger partial charge on any atom is 0.0163 e. The van der Waals surface area contributed by atoms with E-state index in [1.54, 1.807) is 0 Å². The minimum Gasteiger partial charge on any atom is -0.318 e. The van der Waals surface area contributed by atoms with Crippen molar-refractivity contribution in [1.82, 2.24) is 10.6 Å². The Labute approximate surface area is 51.7 Å². The van der Waals surface area contributed by atoms with Crippen molar-refractivity contribution in [2.45, 2.75) is 19.9 Å². The summed E-state index contributed by atoms with van der Waals surface area (Å²) < 4.78 is 0. The van der Waals surface area contributed by atoms with Crippen LogP contribution in [0.2, 0.25) is 0 Å². The van der Waals surface area contributed by atoms with Crippen LogP contribution in [0.5, 0.6) is 0 Å². The average Bonchev–Trinajstić information content (AvgIpc) is 1.68. The van der Waals surface area contributed by atoms with Crippen molar-refractivity contribution in [2.24, 2.45) is 0 Å². The van der Waals surface area contributed by atoms with E-state index in [1.807, 2.05) is 7.05 Å². The van der Waals surface area contributed by atoms with Gasteiger partial charge in [0, 0.05) is 12.6 Å².